The Labute approximate surface area is 120 Å². The van der Waals surface area contributed by atoms with Crippen molar-refractivity contribution in [3.8, 4) is 0 Å². The van der Waals surface area contributed by atoms with E-state index in [1.165, 1.54) is 5.56 Å². The highest BCUT2D eigenvalue weighted by atomic mass is 79.9. The SMILES string of the molecule is O=C(NC1CC1c1ccccc1)c1ccnc(Br)c1. The van der Waals surface area contributed by atoms with Gasteiger partial charge in [0.05, 0.1) is 0 Å². The first-order valence-electron chi connectivity index (χ1n) is 6.21. The molecule has 1 aliphatic carbocycles. The van der Waals surface area contributed by atoms with Gasteiger partial charge in [0.2, 0.25) is 0 Å². The van der Waals surface area contributed by atoms with Crippen molar-refractivity contribution in [2.45, 2.75) is 18.4 Å². The summed E-state index contributed by atoms with van der Waals surface area (Å²) in [5.74, 6) is 0.418. The average molecular weight is 317 g/mol. The van der Waals surface area contributed by atoms with E-state index < -0.39 is 0 Å². The number of aromatic nitrogens is 1. The van der Waals surface area contributed by atoms with Crippen molar-refractivity contribution < 1.29 is 4.79 Å². The topological polar surface area (TPSA) is 42.0 Å². The summed E-state index contributed by atoms with van der Waals surface area (Å²) in [6.45, 7) is 0. The second-order valence-electron chi connectivity index (χ2n) is 4.70. The van der Waals surface area contributed by atoms with Crippen molar-refractivity contribution in [2.24, 2.45) is 0 Å². The van der Waals surface area contributed by atoms with Gasteiger partial charge in [-0.25, -0.2) is 4.98 Å². The lowest BCUT2D eigenvalue weighted by atomic mass is 10.1. The van der Waals surface area contributed by atoms with Gasteiger partial charge in [-0.3, -0.25) is 4.79 Å². The Balaban J connectivity index is 1.64. The molecule has 0 bridgehead atoms. The summed E-state index contributed by atoms with van der Waals surface area (Å²) in [6.07, 6.45) is 2.64. The van der Waals surface area contributed by atoms with Gasteiger partial charge in [-0.1, -0.05) is 30.3 Å². The summed E-state index contributed by atoms with van der Waals surface area (Å²) in [4.78, 5) is 16.1. The standard InChI is InChI=1S/C15H13BrN2O/c16-14-8-11(6-7-17-14)15(19)18-13-9-12(13)10-4-2-1-3-5-10/h1-8,12-13H,9H2,(H,18,19). The first kappa shape index (κ1) is 12.4. The van der Waals surface area contributed by atoms with Crippen LogP contribution in [0.25, 0.3) is 0 Å². The maximum absolute atomic E-state index is 12.1. The molecule has 0 radical (unpaired) electrons. The molecule has 1 aromatic heterocycles. The van der Waals surface area contributed by atoms with Crippen molar-refractivity contribution in [3.63, 3.8) is 0 Å². The summed E-state index contributed by atoms with van der Waals surface area (Å²) in [7, 11) is 0. The second-order valence-corrected chi connectivity index (χ2v) is 5.51. The minimum Gasteiger partial charge on any atom is -0.349 e. The molecule has 2 atom stereocenters. The number of benzene rings is 1. The highest BCUT2D eigenvalue weighted by molar-refractivity contribution is 9.10. The Kier molecular flexibility index (Phi) is 3.34. The van der Waals surface area contributed by atoms with Crippen LogP contribution in [0.4, 0.5) is 0 Å². The monoisotopic (exact) mass is 316 g/mol. The summed E-state index contributed by atoms with van der Waals surface area (Å²) < 4.78 is 0.676. The fraction of sp³-hybridized carbons (Fsp3) is 0.200. The molecule has 1 aliphatic rings. The maximum atomic E-state index is 12.1. The zero-order valence-electron chi connectivity index (χ0n) is 10.2. The minimum atomic E-state index is -0.0356. The summed E-state index contributed by atoms with van der Waals surface area (Å²) in [6, 6.07) is 14.0. The molecule has 19 heavy (non-hydrogen) atoms. The smallest absolute Gasteiger partial charge is 0.251 e. The lowest BCUT2D eigenvalue weighted by Gasteiger charge is -2.05. The average Bonchev–Trinajstić information content (AvgIpc) is 3.19. The number of carbonyl (C=O) groups excluding carboxylic acids is 1. The van der Waals surface area contributed by atoms with Gasteiger partial charge in [-0.05, 0) is 40.0 Å². The molecule has 4 heteroatoms. The molecule has 1 saturated carbocycles. The second kappa shape index (κ2) is 5.13. The number of nitrogens with one attached hydrogen (secondary N) is 1. The highest BCUT2D eigenvalue weighted by Gasteiger charge is 2.39. The van der Waals surface area contributed by atoms with Gasteiger partial charge in [-0.15, -0.1) is 0 Å². The van der Waals surface area contributed by atoms with Gasteiger partial charge in [0.1, 0.15) is 4.60 Å². The van der Waals surface area contributed by atoms with Crippen LogP contribution in [-0.2, 0) is 0 Å². The Hall–Kier alpha value is -1.68. The van der Waals surface area contributed by atoms with E-state index in [2.05, 4.69) is 38.4 Å². The van der Waals surface area contributed by atoms with E-state index in [0.29, 0.717) is 16.1 Å². The molecule has 1 N–H and O–H groups in total. The van der Waals surface area contributed by atoms with E-state index in [1.807, 2.05) is 18.2 Å². The first-order valence-corrected chi connectivity index (χ1v) is 7.01. The summed E-state index contributed by atoms with van der Waals surface area (Å²) in [5.41, 5.74) is 1.93. The third-order valence-corrected chi connectivity index (χ3v) is 3.76. The van der Waals surface area contributed by atoms with Gasteiger partial charge < -0.3 is 5.32 Å². The number of pyridine rings is 1. The summed E-state index contributed by atoms with van der Waals surface area (Å²) in [5, 5.41) is 3.06. The molecule has 2 unspecified atom stereocenters. The molecule has 1 fully saturated rings. The highest BCUT2D eigenvalue weighted by Crippen LogP contribution is 2.40. The summed E-state index contributed by atoms with van der Waals surface area (Å²) >= 11 is 3.27. The number of rotatable bonds is 3. The first-order chi connectivity index (χ1) is 9.24. The number of amides is 1. The van der Waals surface area contributed by atoms with Crippen molar-refractivity contribution in [2.75, 3.05) is 0 Å². The third-order valence-electron chi connectivity index (χ3n) is 3.32. The van der Waals surface area contributed by atoms with E-state index in [4.69, 9.17) is 0 Å². The number of hydrogen-bond donors (Lipinski definition) is 1. The molecule has 0 saturated heterocycles. The number of nitrogens with zero attached hydrogens (tertiary/aromatic N) is 1. The molecule has 96 valence electrons. The minimum absolute atomic E-state index is 0.0356. The molecular formula is C15H13BrN2O. The zero-order valence-corrected chi connectivity index (χ0v) is 11.8. The Morgan fingerprint density at radius 3 is 2.79 bits per heavy atom. The van der Waals surface area contributed by atoms with Crippen LogP contribution in [0.15, 0.2) is 53.3 Å². The van der Waals surface area contributed by atoms with E-state index >= 15 is 0 Å². The predicted molar refractivity (Wildman–Crippen MR) is 77.0 cm³/mol. The van der Waals surface area contributed by atoms with E-state index in [1.54, 1.807) is 18.3 Å². The fourth-order valence-corrected chi connectivity index (χ4v) is 2.58. The van der Waals surface area contributed by atoms with Crippen LogP contribution < -0.4 is 5.32 Å². The lowest BCUT2D eigenvalue weighted by molar-refractivity contribution is 0.0950. The number of halogens is 1. The Morgan fingerprint density at radius 1 is 1.26 bits per heavy atom. The van der Waals surface area contributed by atoms with E-state index in [-0.39, 0.29) is 11.9 Å². The molecule has 0 spiro atoms. The Morgan fingerprint density at radius 2 is 2.05 bits per heavy atom. The largest absolute Gasteiger partial charge is 0.349 e. The van der Waals surface area contributed by atoms with Gasteiger partial charge >= 0.3 is 0 Å². The van der Waals surface area contributed by atoms with Crippen LogP contribution in [-0.4, -0.2) is 16.9 Å². The molecule has 3 nitrogen and oxygen atoms in total. The van der Waals surface area contributed by atoms with Gasteiger partial charge in [0.25, 0.3) is 5.91 Å². The Bertz CT molecular complexity index is 600. The van der Waals surface area contributed by atoms with Crippen LogP contribution in [0.2, 0.25) is 0 Å². The quantitative estimate of drug-likeness (QED) is 0.884. The third kappa shape index (κ3) is 2.84. The van der Waals surface area contributed by atoms with Crippen LogP contribution in [0, 0.1) is 0 Å². The van der Waals surface area contributed by atoms with Crippen molar-refractivity contribution in [3.05, 3.63) is 64.4 Å². The van der Waals surface area contributed by atoms with E-state index in [0.717, 1.165) is 6.42 Å². The van der Waals surface area contributed by atoms with E-state index in [9.17, 15) is 4.79 Å². The van der Waals surface area contributed by atoms with Gasteiger partial charge in [-0.2, -0.15) is 0 Å². The fourth-order valence-electron chi connectivity index (χ4n) is 2.22. The molecule has 1 amide bonds. The molecule has 0 aliphatic heterocycles. The number of hydrogen-bond acceptors (Lipinski definition) is 2. The van der Waals surface area contributed by atoms with Gasteiger partial charge in [0.15, 0.2) is 0 Å². The van der Waals surface area contributed by atoms with Crippen LogP contribution in [0.5, 0.6) is 0 Å². The normalized spacial score (nSPS) is 20.9. The molecule has 2 aromatic rings. The van der Waals surface area contributed by atoms with Gasteiger partial charge in [0, 0.05) is 23.7 Å². The van der Waals surface area contributed by atoms with Crippen molar-refractivity contribution >= 4 is 21.8 Å². The van der Waals surface area contributed by atoms with Crippen LogP contribution >= 0.6 is 15.9 Å². The molecular weight excluding hydrogens is 304 g/mol. The number of carbonyl (C=O) groups is 1. The molecule has 1 aromatic carbocycles. The molecule has 3 rings (SSSR count). The lowest BCUT2D eigenvalue weighted by Crippen LogP contribution is -2.26. The maximum Gasteiger partial charge on any atom is 0.251 e. The van der Waals surface area contributed by atoms with Crippen molar-refractivity contribution in [1.82, 2.24) is 10.3 Å². The van der Waals surface area contributed by atoms with Crippen molar-refractivity contribution in [1.29, 1.82) is 0 Å². The van der Waals surface area contributed by atoms with Crippen LogP contribution in [0.3, 0.4) is 0 Å². The predicted octanol–water partition coefficient (Wildman–Crippen LogP) is 3.13. The zero-order chi connectivity index (χ0) is 13.2. The van der Waals surface area contributed by atoms with Crippen LogP contribution in [0.1, 0.15) is 28.3 Å². The molecule has 1 heterocycles.